The molecule has 1 aromatic heterocycles. The van der Waals surface area contributed by atoms with Crippen molar-refractivity contribution >= 4 is 38.7 Å². The summed E-state index contributed by atoms with van der Waals surface area (Å²) < 4.78 is 18.4. The SMILES string of the molecule is CCCc1cc(S(=O)CCC)cc2c(=O)c3cc(C(=O)O)ccc3oc12. The van der Waals surface area contributed by atoms with E-state index in [1.54, 1.807) is 6.07 Å². The predicted octanol–water partition coefficient (Wildman–Crippen LogP) is 4.11. The molecular formula is C20H20O5S. The van der Waals surface area contributed by atoms with Crippen LogP contribution in [-0.2, 0) is 17.2 Å². The normalized spacial score (nSPS) is 12.5. The number of fused-ring (bicyclic) bond motifs is 2. The van der Waals surface area contributed by atoms with Crippen LogP contribution in [0.25, 0.3) is 21.9 Å². The first-order chi connectivity index (χ1) is 12.5. The molecule has 1 N–H and O–H groups in total. The van der Waals surface area contributed by atoms with Crippen LogP contribution in [0, 0.1) is 0 Å². The fourth-order valence-corrected chi connectivity index (χ4v) is 4.15. The van der Waals surface area contributed by atoms with Gasteiger partial charge in [-0.1, -0.05) is 20.3 Å². The second-order valence-electron chi connectivity index (χ2n) is 6.21. The highest BCUT2D eigenvalue weighted by molar-refractivity contribution is 7.85. The van der Waals surface area contributed by atoms with E-state index in [1.165, 1.54) is 18.2 Å². The number of hydrogen-bond donors (Lipinski definition) is 1. The smallest absolute Gasteiger partial charge is 0.335 e. The molecule has 26 heavy (non-hydrogen) atoms. The number of aryl methyl sites for hydroxylation is 1. The molecule has 136 valence electrons. The number of carboxylic acid groups (broad SMARTS) is 1. The summed E-state index contributed by atoms with van der Waals surface area (Å²) in [5.74, 6) is -0.574. The van der Waals surface area contributed by atoms with Crippen molar-refractivity contribution in [3.05, 3.63) is 51.7 Å². The number of rotatable bonds is 6. The lowest BCUT2D eigenvalue weighted by atomic mass is 10.0. The summed E-state index contributed by atoms with van der Waals surface area (Å²) in [6.07, 6.45) is 2.34. The quantitative estimate of drug-likeness (QED) is 0.658. The molecule has 0 aliphatic heterocycles. The molecule has 0 amide bonds. The van der Waals surface area contributed by atoms with E-state index in [0.717, 1.165) is 18.4 Å². The van der Waals surface area contributed by atoms with Crippen LogP contribution in [0.3, 0.4) is 0 Å². The average Bonchev–Trinajstić information content (AvgIpc) is 2.62. The molecule has 0 spiro atoms. The molecule has 1 unspecified atom stereocenters. The molecule has 0 aliphatic carbocycles. The summed E-state index contributed by atoms with van der Waals surface area (Å²) in [4.78, 5) is 24.8. The fraction of sp³-hybridized carbons (Fsp3) is 0.300. The maximum absolute atomic E-state index is 13.0. The van der Waals surface area contributed by atoms with Crippen molar-refractivity contribution in [2.75, 3.05) is 5.75 Å². The Morgan fingerprint density at radius 2 is 1.88 bits per heavy atom. The van der Waals surface area contributed by atoms with Crippen LogP contribution in [-0.4, -0.2) is 21.0 Å². The van der Waals surface area contributed by atoms with Crippen LogP contribution in [0.2, 0.25) is 0 Å². The largest absolute Gasteiger partial charge is 0.478 e. The monoisotopic (exact) mass is 372 g/mol. The van der Waals surface area contributed by atoms with Crippen LogP contribution in [0.1, 0.15) is 42.6 Å². The van der Waals surface area contributed by atoms with Crippen LogP contribution in [0.15, 0.2) is 44.4 Å². The minimum absolute atomic E-state index is 0.0312. The highest BCUT2D eigenvalue weighted by Crippen LogP contribution is 2.26. The Bertz CT molecular complexity index is 1080. The third-order valence-corrected chi connectivity index (χ3v) is 5.78. The lowest BCUT2D eigenvalue weighted by molar-refractivity contribution is 0.0697. The summed E-state index contributed by atoms with van der Waals surface area (Å²) in [6.45, 7) is 3.99. The van der Waals surface area contributed by atoms with E-state index in [2.05, 4.69) is 0 Å². The van der Waals surface area contributed by atoms with Gasteiger partial charge in [-0.2, -0.15) is 0 Å². The Kier molecular flexibility index (Phi) is 5.23. The third-order valence-electron chi connectivity index (χ3n) is 4.24. The maximum atomic E-state index is 13.0. The molecule has 0 fully saturated rings. The third kappa shape index (κ3) is 3.29. The number of aromatic carboxylic acids is 1. The van der Waals surface area contributed by atoms with Gasteiger partial charge < -0.3 is 9.52 Å². The highest BCUT2D eigenvalue weighted by atomic mass is 32.2. The molecule has 2 aromatic carbocycles. The van der Waals surface area contributed by atoms with Gasteiger partial charge in [-0.25, -0.2) is 4.79 Å². The Morgan fingerprint density at radius 1 is 1.12 bits per heavy atom. The van der Waals surface area contributed by atoms with Crippen LogP contribution >= 0.6 is 0 Å². The summed E-state index contributed by atoms with van der Waals surface area (Å²) in [7, 11) is -1.18. The van der Waals surface area contributed by atoms with Crippen LogP contribution in [0.4, 0.5) is 0 Å². The zero-order valence-corrected chi connectivity index (χ0v) is 15.5. The van der Waals surface area contributed by atoms with Crippen molar-refractivity contribution in [1.82, 2.24) is 0 Å². The van der Waals surface area contributed by atoms with E-state index in [4.69, 9.17) is 9.52 Å². The molecule has 0 radical (unpaired) electrons. The summed E-state index contributed by atoms with van der Waals surface area (Å²) >= 11 is 0. The first kappa shape index (κ1) is 18.3. The van der Waals surface area contributed by atoms with E-state index in [1.807, 2.05) is 19.9 Å². The average molecular weight is 372 g/mol. The molecule has 0 bridgehead atoms. The van der Waals surface area contributed by atoms with E-state index in [0.29, 0.717) is 33.6 Å². The zero-order chi connectivity index (χ0) is 18.8. The van der Waals surface area contributed by atoms with Crippen molar-refractivity contribution < 1.29 is 18.5 Å². The lowest BCUT2D eigenvalue weighted by Gasteiger charge is -2.10. The Hall–Kier alpha value is -2.47. The van der Waals surface area contributed by atoms with Gasteiger partial charge in [-0.15, -0.1) is 0 Å². The van der Waals surface area contributed by atoms with Crippen molar-refractivity contribution in [2.24, 2.45) is 0 Å². The van der Waals surface area contributed by atoms with Gasteiger partial charge in [0.25, 0.3) is 0 Å². The summed E-state index contributed by atoms with van der Waals surface area (Å²) in [5.41, 5.74) is 1.43. The van der Waals surface area contributed by atoms with Gasteiger partial charge in [0.2, 0.25) is 5.43 Å². The molecule has 0 saturated heterocycles. The first-order valence-corrected chi connectivity index (χ1v) is 9.93. The van der Waals surface area contributed by atoms with Gasteiger partial charge in [-0.3, -0.25) is 9.00 Å². The number of carbonyl (C=O) groups is 1. The zero-order valence-electron chi connectivity index (χ0n) is 14.7. The van der Waals surface area contributed by atoms with Crippen molar-refractivity contribution in [1.29, 1.82) is 0 Å². The van der Waals surface area contributed by atoms with Gasteiger partial charge in [-0.05, 0) is 48.7 Å². The Labute approximate surface area is 153 Å². The van der Waals surface area contributed by atoms with Crippen LogP contribution < -0.4 is 5.43 Å². The highest BCUT2D eigenvalue weighted by Gasteiger charge is 2.16. The van der Waals surface area contributed by atoms with Gasteiger partial charge in [0.15, 0.2) is 0 Å². The topological polar surface area (TPSA) is 84.6 Å². The molecule has 1 atom stereocenters. The van der Waals surface area contributed by atoms with Gasteiger partial charge in [0.1, 0.15) is 11.2 Å². The fourth-order valence-electron chi connectivity index (χ4n) is 3.02. The minimum Gasteiger partial charge on any atom is -0.478 e. The van der Waals surface area contributed by atoms with Crippen molar-refractivity contribution in [2.45, 2.75) is 38.0 Å². The first-order valence-electron chi connectivity index (χ1n) is 8.61. The molecule has 5 nitrogen and oxygen atoms in total. The molecule has 0 saturated carbocycles. The van der Waals surface area contributed by atoms with E-state index in [-0.39, 0.29) is 16.4 Å². The Balaban J connectivity index is 2.36. The van der Waals surface area contributed by atoms with Gasteiger partial charge in [0.05, 0.1) is 27.1 Å². The van der Waals surface area contributed by atoms with E-state index in [9.17, 15) is 13.8 Å². The number of benzene rings is 2. The molecule has 3 rings (SSSR count). The molecule has 3 aromatic rings. The summed E-state index contributed by atoms with van der Waals surface area (Å²) in [6, 6.07) is 7.75. The van der Waals surface area contributed by atoms with Gasteiger partial charge in [0, 0.05) is 10.6 Å². The standard InChI is InChI=1S/C20H20O5S/c1-3-5-12-9-14(26(24)8-4-2)11-16-18(21)15-10-13(20(22)23)6-7-17(15)25-19(12)16/h6-7,9-11H,3-5,8H2,1-2H3,(H,22,23). The van der Waals surface area contributed by atoms with Crippen molar-refractivity contribution in [3.63, 3.8) is 0 Å². The van der Waals surface area contributed by atoms with Crippen molar-refractivity contribution in [3.8, 4) is 0 Å². The molecule has 6 heteroatoms. The predicted molar refractivity (Wildman–Crippen MR) is 103 cm³/mol. The van der Waals surface area contributed by atoms with E-state index < -0.39 is 16.8 Å². The van der Waals surface area contributed by atoms with Gasteiger partial charge >= 0.3 is 5.97 Å². The number of carboxylic acids is 1. The maximum Gasteiger partial charge on any atom is 0.335 e. The minimum atomic E-state index is -1.18. The second kappa shape index (κ2) is 7.41. The number of hydrogen-bond acceptors (Lipinski definition) is 4. The Morgan fingerprint density at radius 3 is 2.54 bits per heavy atom. The molecular weight excluding hydrogens is 352 g/mol. The second-order valence-corrected chi connectivity index (χ2v) is 7.78. The molecule has 1 heterocycles. The van der Waals surface area contributed by atoms with Crippen LogP contribution in [0.5, 0.6) is 0 Å². The van der Waals surface area contributed by atoms with E-state index >= 15 is 0 Å². The lowest BCUT2D eigenvalue weighted by Crippen LogP contribution is -2.07. The molecule has 0 aliphatic rings. The summed E-state index contributed by atoms with van der Waals surface area (Å²) in [5, 5.41) is 9.74.